The monoisotopic (exact) mass is 157 g/mol. The van der Waals surface area contributed by atoms with Gasteiger partial charge in [-0.05, 0) is 12.3 Å². The van der Waals surface area contributed by atoms with Crippen molar-refractivity contribution in [2.45, 2.75) is 58.9 Å². The first kappa shape index (κ1) is 11.0. The van der Waals surface area contributed by atoms with E-state index in [1.165, 1.54) is 32.1 Å². The molecule has 1 unspecified atom stereocenters. The van der Waals surface area contributed by atoms with Crippen molar-refractivity contribution in [3.05, 3.63) is 0 Å². The Morgan fingerprint density at radius 3 is 2.18 bits per heavy atom. The lowest BCUT2D eigenvalue weighted by Gasteiger charge is -2.14. The fourth-order valence-electron chi connectivity index (χ4n) is 1.14. The molecular weight excluding hydrogens is 134 g/mol. The van der Waals surface area contributed by atoms with E-state index in [2.05, 4.69) is 20.8 Å². The Morgan fingerprint density at radius 1 is 1.09 bits per heavy atom. The van der Waals surface area contributed by atoms with Crippen molar-refractivity contribution in [3.8, 4) is 0 Å². The Hall–Kier alpha value is -0.0400. The van der Waals surface area contributed by atoms with Crippen LogP contribution in [0, 0.1) is 5.92 Å². The molecule has 0 saturated carbocycles. The second kappa shape index (κ2) is 6.66. The van der Waals surface area contributed by atoms with Gasteiger partial charge in [0.1, 0.15) is 0 Å². The van der Waals surface area contributed by atoms with Gasteiger partial charge < -0.3 is 5.73 Å². The van der Waals surface area contributed by atoms with E-state index in [0.29, 0.717) is 12.0 Å². The molecule has 0 amide bonds. The highest BCUT2D eigenvalue weighted by molar-refractivity contribution is 4.64. The third-order valence-corrected chi connectivity index (χ3v) is 2.25. The van der Waals surface area contributed by atoms with E-state index in [4.69, 9.17) is 5.73 Å². The predicted molar refractivity (Wildman–Crippen MR) is 51.6 cm³/mol. The molecule has 0 aromatic rings. The Bertz CT molecular complexity index is 78.9. The second-order valence-corrected chi connectivity index (χ2v) is 3.76. The first-order valence-corrected chi connectivity index (χ1v) is 4.94. The highest BCUT2D eigenvalue weighted by Crippen LogP contribution is 2.09. The predicted octanol–water partition coefficient (Wildman–Crippen LogP) is 2.94. The SMILES string of the molecule is CCCCCCC(N)C(C)C. The zero-order chi connectivity index (χ0) is 8.69. The van der Waals surface area contributed by atoms with Gasteiger partial charge in [0.2, 0.25) is 0 Å². The highest BCUT2D eigenvalue weighted by atomic mass is 14.6. The summed E-state index contributed by atoms with van der Waals surface area (Å²) in [6.45, 7) is 6.64. The zero-order valence-corrected chi connectivity index (χ0v) is 8.27. The van der Waals surface area contributed by atoms with Crippen LogP contribution in [0.2, 0.25) is 0 Å². The summed E-state index contributed by atoms with van der Waals surface area (Å²) in [7, 11) is 0. The number of nitrogens with two attached hydrogens (primary N) is 1. The first-order valence-electron chi connectivity index (χ1n) is 4.94. The van der Waals surface area contributed by atoms with E-state index >= 15 is 0 Å². The number of hydrogen-bond donors (Lipinski definition) is 1. The molecule has 0 spiro atoms. The van der Waals surface area contributed by atoms with Crippen LogP contribution in [0.5, 0.6) is 0 Å². The average molecular weight is 157 g/mol. The molecule has 0 aliphatic rings. The van der Waals surface area contributed by atoms with E-state index in [-0.39, 0.29) is 0 Å². The van der Waals surface area contributed by atoms with Gasteiger partial charge in [-0.15, -0.1) is 0 Å². The fraction of sp³-hybridized carbons (Fsp3) is 1.00. The van der Waals surface area contributed by atoms with Crippen LogP contribution in [0.3, 0.4) is 0 Å². The maximum Gasteiger partial charge on any atom is 0.00618 e. The van der Waals surface area contributed by atoms with Crippen LogP contribution in [0.4, 0.5) is 0 Å². The van der Waals surface area contributed by atoms with Crippen LogP contribution >= 0.6 is 0 Å². The van der Waals surface area contributed by atoms with Gasteiger partial charge in [-0.3, -0.25) is 0 Å². The number of rotatable bonds is 6. The normalized spacial score (nSPS) is 13.9. The van der Waals surface area contributed by atoms with E-state index in [9.17, 15) is 0 Å². The molecule has 0 fully saturated rings. The van der Waals surface area contributed by atoms with Crippen LogP contribution in [0.1, 0.15) is 52.9 Å². The molecule has 0 heterocycles. The molecule has 0 saturated heterocycles. The van der Waals surface area contributed by atoms with Crippen molar-refractivity contribution in [2.75, 3.05) is 0 Å². The third kappa shape index (κ3) is 6.36. The molecule has 0 aromatic heterocycles. The summed E-state index contributed by atoms with van der Waals surface area (Å²) in [5.41, 5.74) is 5.90. The van der Waals surface area contributed by atoms with Gasteiger partial charge in [0.25, 0.3) is 0 Å². The first-order chi connectivity index (χ1) is 5.18. The zero-order valence-electron chi connectivity index (χ0n) is 8.27. The molecule has 0 rings (SSSR count). The fourth-order valence-corrected chi connectivity index (χ4v) is 1.14. The van der Waals surface area contributed by atoms with Gasteiger partial charge in [0.05, 0.1) is 0 Å². The summed E-state index contributed by atoms with van der Waals surface area (Å²) in [6.07, 6.45) is 6.56. The van der Waals surface area contributed by atoms with Gasteiger partial charge >= 0.3 is 0 Å². The number of unbranched alkanes of at least 4 members (excludes halogenated alkanes) is 3. The van der Waals surface area contributed by atoms with E-state index < -0.39 is 0 Å². The van der Waals surface area contributed by atoms with Gasteiger partial charge in [-0.25, -0.2) is 0 Å². The molecular formula is C10H23N. The lowest BCUT2D eigenvalue weighted by molar-refractivity contribution is 0.442. The average Bonchev–Trinajstić information content (AvgIpc) is 1.97. The van der Waals surface area contributed by atoms with Crippen LogP contribution in [-0.2, 0) is 0 Å². The van der Waals surface area contributed by atoms with E-state index in [1.807, 2.05) is 0 Å². The van der Waals surface area contributed by atoms with Crippen LogP contribution < -0.4 is 5.73 Å². The van der Waals surface area contributed by atoms with Gasteiger partial charge in [-0.2, -0.15) is 0 Å². The van der Waals surface area contributed by atoms with E-state index in [1.54, 1.807) is 0 Å². The summed E-state index contributed by atoms with van der Waals surface area (Å²) in [5.74, 6) is 0.650. The summed E-state index contributed by atoms with van der Waals surface area (Å²) >= 11 is 0. The maximum absolute atomic E-state index is 5.90. The molecule has 11 heavy (non-hydrogen) atoms. The standard InChI is InChI=1S/C10H23N/c1-4-5-6-7-8-10(11)9(2)3/h9-10H,4-8,11H2,1-3H3. The van der Waals surface area contributed by atoms with Crippen LogP contribution in [0.15, 0.2) is 0 Å². The minimum atomic E-state index is 0.423. The Morgan fingerprint density at radius 2 is 1.73 bits per heavy atom. The molecule has 0 aliphatic heterocycles. The maximum atomic E-state index is 5.90. The molecule has 0 bridgehead atoms. The van der Waals surface area contributed by atoms with Gasteiger partial charge in [0, 0.05) is 6.04 Å². The minimum Gasteiger partial charge on any atom is -0.327 e. The van der Waals surface area contributed by atoms with Crippen LogP contribution in [-0.4, -0.2) is 6.04 Å². The topological polar surface area (TPSA) is 26.0 Å². The van der Waals surface area contributed by atoms with Crippen molar-refractivity contribution in [3.63, 3.8) is 0 Å². The molecule has 0 aliphatic carbocycles. The Labute approximate surface area is 71.4 Å². The van der Waals surface area contributed by atoms with Crippen molar-refractivity contribution in [2.24, 2.45) is 11.7 Å². The minimum absolute atomic E-state index is 0.423. The Balaban J connectivity index is 3.10. The molecule has 68 valence electrons. The second-order valence-electron chi connectivity index (χ2n) is 3.76. The lowest BCUT2D eigenvalue weighted by Crippen LogP contribution is -2.25. The largest absolute Gasteiger partial charge is 0.327 e. The molecule has 2 N–H and O–H groups in total. The van der Waals surface area contributed by atoms with E-state index in [0.717, 1.165) is 0 Å². The lowest BCUT2D eigenvalue weighted by atomic mass is 9.99. The quantitative estimate of drug-likeness (QED) is 0.589. The summed E-state index contributed by atoms with van der Waals surface area (Å²) in [4.78, 5) is 0. The van der Waals surface area contributed by atoms with Gasteiger partial charge in [-0.1, -0.05) is 46.5 Å². The highest BCUT2D eigenvalue weighted by Gasteiger charge is 2.05. The third-order valence-electron chi connectivity index (χ3n) is 2.25. The smallest absolute Gasteiger partial charge is 0.00618 e. The van der Waals surface area contributed by atoms with Crippen LogP contribution in [0.25, 0.3) is 0 Å². The molecule has 0 radical (unpaired) electrons. The summed E-state index contributed by atoms with van der Waals surface area (Å²) in [5, 5.41) is 0. The van der Waals surface area contributed by atoms with Crippen molar-refractivity contribution in [1.29, 1.82) is 0 Å². The molecule has 1 heteroatoms. The number of hydrogen-bond acceptors (Lipinski definition) is 1. The molecule has 0 aromatic carbocycles. The molecule has 1 nitrogen and oxygen atoms in total. The van der Waals surface area contributed by atoms with Crippen molar-refractivity contribution < 1.29 is 0 Å². The summed E-state index contributed by atoms with van der Waals surface area (Å²) < 4.78 is 0. The summed E-state index contributed by atoms with van der Waals surface area (Å²) in [6, 6.07) is 0.423. The Kier molecular flexibility index (Phi) is 6.63. The molecule has 1 atom stereocenters. The van der Waals surface area contributed by atoms with Crippen molar-refractivity contribution in [1.82, 2.24) is 0 Å². The van der Waals surface area contributed by atoms with Crippen molar-refractivity contribution >= 4 is 0 Å². The van der Waals surface area contributed by atoms with Gasteiger partial charge in [0.15, 0.2) is 0 Å².